The molecule has 0 aliphatic heterocycles. The minimum Gasteiger partial charge on any atom is -0.361 e. The van der Waals surface area contributed by atoms with Gasteiger partial charge >= 0.3 is 0 Å². The van der Waals surface area contributed by atoms with E-state index in [1.165, 1.54) is 22.1 Å². The van der Waals surface area contributed by atoms with E-state index in [4.69, 9.17) is 5.21 Å². The third-order valence-electron chi connectivity index (χ3n) is 7.18. The molecule has 1 unspecified atom stereocenters. The molecule has 2 amide bonds. The van der Waals surface area contributed by atoms with Gasteiger partial charge < -0.3 is 10.3 Å². The van der Waals surface area contributed by atoms with Crippen molar-refractivity contribution in [2.24, 2.45) is 0 Å². The van der Waals surface area contributed by atoms with Crippen molar-refractivity contribution in [3.63, 3.8) is 0 Å². The molecule has 0 fully saturated rings. The summed E-state index contributed by atoms with van der Waals surface area (Å²) >= 11 is 0. The second-order valence-corrected chi connectivity index (χ2v) is 10.1. The number of hydroxylamine groups is 1. The lowest BCUT2D eigenvalue weighted by atomic mass is 9.98. The number of para-hydroxylation sites is 1. The maximum absolute atomic E-state index is 12.6. The highest BCUT2D eigenvalue weighted by Crippen LogP contribution is 2.20. The molecular formula is C32H38N4O3. The molecule has 0 saturated heterocycles. The van der Waals surface area contributed by atoms with Gasteiger partial charge in [-0.15, -0.1) is 0 Å². The second kappa shape index (κ2) is 14.3. The lowest BCUT2D eigenvalue weighted by Gasteiger charge is -2.23. The van der Waals surface area contributed by atoms with Crippen LogP contribution in [0.1, 0.15) is 47.9 Å². The molecule has 4 aromatic rings. The number of aromatic nitrogens is 1. The van der Waals surface area contributed by atoms with Crippen LogP contribution in [0.2, 0.25) is 0 Å². The third-order valence-corrected chi connectivity index (χ3v) is 7.18. The van der Waals surface area contributed by atoms with Gasteiger partial charge in [0.2, 0.25) is 11.8 Å². The normalized spacial score (nSPS) is 12.0. The van der Waals surface area contributed by atoms with E-state index in [0.717, 1.165) is 37.1 Å². The molecule has 1 heterocycles. The highest BCUT2D eigenvalue weighted by molar-refractivity contribution is 5.83. The van der Waals surface area contributed by atoms with Gasteiger partial charge in [0, 0.05) is 56.1 Å². The van der Waals surface area contributed by atoms with Crippen molar-refractivity contribution < 1.29 is 14.8 Å². The van der Waals surface area contributed by atoms with Gasteiger partial charge in [0.1, 0.15) is 0 Å². The first-order valence-electron chi connectivity index (χ1n) is 13.6. The van der Waals surface area contributed by atoms with Crippen LogP contribution in [0.15, 0.2) is 85.1 Å². The Labute approximate surface area is 230 Å². The highest BCUT2D eigenvalue weighted by atomic mass is 16.5. The predicted molar refractivity (Wildman–Crippen MR) is 154 cm³/mol. The van der Waals surface area contributed by atoms with Crippen LogP contribution in [0, 0.1) is 0 Å². The highest BCUT2D eigenvalue weighted by Gasteiger charge is 2.13. The maximum atomic E-state index is 12.6. The summed E-state index contributed by atoms with van der Waals surface area (Å²) < 4.78 is 0. The number of carbonyl (C=O) groups excluding carboxylic acids is 2. The van der Waals surface area contributed by atoms with Crippen LogP contribution in [0.25, 0.3) is 10.9 Å². The number of hydrogen-bond donors (Lipinski definition) is 4. The summed E-state index contributed by atoms with van der Waals surface area (Å²) in [6, 6.07) is 26.7. The standard InChI is InChI=1S/C32H38N4O3/c1-24(27-7-3-2-4-8-27)21-32(38)33-18-20-36(19-17-28-22-34-30-10-6-5-9-29(28)30)23-26-13-11-25(12-14-26)15-16-31(37)35-39/h2-14,22,24,34,39H,15-21,23H2,1H3,(H,33,38)(H,35,37). The van der Waals surface area contributed by atoms with Gasteiger partial charge in [0.05, 0.1) is 0 Å². The van der Waals surface area contributed by atoms with Crippen molar-refractivity contribution in [1.29, 1.82) is 0 Å². The van der Waals surface area contributed by atoms with E-state index in [1.807, 2.05) is 36.4 Å². The van der Waals surface area contributed by atoms with Crippen LogP contribution in [0.5, 0.6) is 0 Å². The van der Waals surface area contributed by atoms with Crippen molar-refractivity contribution in [3.05, 3.63) is 107 Å². The molecule has 0 radical (unpaired) electrons. The Morgan fingerprint density at radius 2 is 1.59 bits per heavy atom. The summed E-state index contributed by atoms with van der Waals surface area (Å²) in [6.45, 7) is 5.03. The van der Waals surface area contributed by atoms with Crippen LogP contribution >= 0.6 is 0 Å². The smallest absolute Gasteiger partial charge is 0.243 e. The van der Waals surface area contributed by atoms with Gasteiger partial charge in [-0.05, 0) is 47.1 Å². The Balaban J connectivity index is 1.34. The van der Waals surface area contributed by atoms with Crippen LogP contribution in [0.3, 0.4) is 0 Å². The van der Waals surface area contributed by atoms with Crippen molar-refractivity contribution in [2.45, 2.75) is 45.1 Å². The molecule has 1 aromatic heterocycles. The largest absolute Gasteiger partial charge is 0.361 e. The number of benzene rings is 3. The topological polar surface area (TPSA) is 97.5 Å². The van der Waals surface area contributed by atoms with Gasteiger partial charge in [0.25, 0.3) is 0 Å². The molecule has 0 aliphatic rings. The van der Waals surface area contributed by atoms with E-state index >= 15 is 0 Å². The summed E-state index contributed by atoms with van der Waals surface area (Å²) in [4.78, 5) is 29.7. The number of nitrogens with zero attached hydrogens (tertiary/aromatic N) is 1. The Hall–Kier alpha value is -3.94. The fourth-order valence-corrected chi connectivity index (χ4v) is 4.87. The van der Waals surface area contributed by atoms with E-state index in [0.29, 0.717) is 19.4 Å². The second-order valence-electron chi connectivity index (χ2n) is 10.1. The average molecular weight is 527 g/mol. The fourth-order valence-electron chi connectivity index (χ4n) is 4.87. The number of carbonyl (C=O) groups is 2. The fraction of sp³-hybridized carbons (Fsp3) is 0.312. The zero-order valence-corrected chi connectivity index (χ0v) is 22.5. The predicted octanol–water partition coefficient (Wildman–Crippen LogP) is 4.96. The molecule has 0 bridgehead atoms. The Morgan fingerprint density at radius 3 is 2.36 bits per heavy atom. The van der Waals surface area contributed by atoms with Crippen molar-refractivity contribution in [1.82, 2.24) is 20.7 Å². The number of hydrogen-bond acceptors (Lipinski definition) is 4. The van der Waals surface area contributed by atoms with Crippen molar-refractivity contribution >= 4 is 22.7 Å². The van der Waals surface area contributed by atoms with E-state index in [-0.39, 0.29) is 24.2 Å². The quantitative estimate of drug-likeness (QED) is 0.138. The molecular weight excluding hydrogens is 488 g/mol. The summed E-state index contributed by atoms with van der Waals surface area (Å²) in [5.74, 6) is -0.145. The molecule has 4 N–H and O–H groups in total. The molecule has 0 aliphatic carbocycles. The SMILES string of the molecule is CC(CC(=O)NCCN(CCc1c[nH]c2ccccc12)Cc1ccc(CCC(=O)NO)cc1)c1ccccc1. The third kappa shape index (κ3) is 8.53. The van der Waals surface area contributed by atoms with Crippen molar-refractivity contribution in [2.75, 3.05) is 19.6 Å². The van der Waals surface area contributed by atoms with Gasteiger partial charge in [-0.2, -0.15) is 0 Å². The maximum Gasteiger partial charge on any atom is 0.243 e. The minimum absolute atomic E-state index is 0.0687. The summed E-state index contributed by atoms with van der Waals surface area (Å²) in [5.41, 5.74) is 7.50. The molecule has 7 heteroatoms. The first kappa shape index (κ1) is 28.1. The molecule has 204 valence electrons. The van der Waals surface area contributed by atoms with Crippen LogP contribution in [0.4, 0.5) is 0 Å². The van der Waals surface area contributed by atoms with Gasteiger partial charge in [-0.3, -0.25) is 19.7 Å². The summed E-state index contributed by atoms with van der Waals surface area (Å²) in [7, 11) is 0. The Kier molecular flexibility index (Phi) is 10.3. The zero-order valence-electron chi connectivity index (χ0n) is 22.5. The van der Waals surface area contributed by atoms with Crippen LogP contribution < -0.4 is 10.8 Å². The molecule has 3 aromatic carbocycles. The van der Waals surface area contributed by atoms with E-state index < -0.39 is 0 Å². The van der Waals surface area contributed by atoms with Crippen LogP contribution in [-0.2, 0) is 29.0 Å². The number of rotatable bonds is 14. The van der Waals surface area contributed by atoms with E-state index in [1.54, 1.807) is 5.48 Å². The molecule has 0 spiro atoms. The molecule has 1 atom stereocenters. The first-order valence-corrected chi connectivity index (χ1v) is 13.6. The lowest BCUT2D eigenvalue weighted by molar-refractivity contribution is -0.129. The zero-order chi connectivity index (χ0) is 27.5. The number of nitrogens with one attached hydrogen (secondary N) is 3. The first-order chi connectivity index (χ1) is 19.0. The molecule has 0 saturated carbocycles. The minimum atomic E-state index is -0.386. The van der Waals surface area contributed by atoms with Gasteiger partial charge in [-0.1, -0.05) is 79.7 Å². The van der Waals surface area contributed by atoms with Gasteiger partial charge in [0.15, 0.2) is 0 Å². The molecule has 7 nitrogen and oxygen atoms in total. The Morgan fingerprint density at radius 1 is 0.872 bits per heavy atom. The summed E-state index contributed by atoms with van der Waals surface area (Å²) in [5, 5.41) is 13.1. The van der Waals surface area contributed by atoms with E-state index in [2.05, 4.69) is 70.8 Å². The Bertz CT molecular complexity index is 1330. The monoisotopic (exact) mass is 526 g/mol. The van der Waals surface area contributed by atoms with Crippen molar-refractivity contribution in [3.8, 4) is 0 Å². The summed E-state index contributed by atoms with van der Waals surface area (Å²) in [6.07, 6.45) is 4.28. The number of amides is 2. The number of H-pyrrole nitrogens is 1. The average Bonchev–Trinajstić information content (AvgIpc) is 3.38. The van der Waals surface area contributed by atoms with E-state index in [9.17, 15) is 9.59 Å². The van der Waals surface area contributed by atoms with Gasteiger partial charge in [-0.25, -0.2) is 5.48 Å². The molecule has 39 heavy (non-hydrogen) atoms. The molecule has 4 rings (SSSR count). The number of aryl methyl sites for hydroxylation is 1. The van der Waals surface area contributed by atoms with Crippen LogP contribution in [-0.4, -0.2) is 46.5 Å². The number of fused-ring (bicyclic) bond motifs is 1. The number of aromatic amines is 1. The lowest BCUT2D eigenvalue weighted by Crippen LogP contribution is -2.36.